The summed E-state index contributed by atoms with van der Waals surface area (Å²) in [6.45, 7) is 0. The van der Waals surface area contributed by atoms with Crippen molar-refractivity contribution in [2.24, 2.45) is 0 Å². The molecule has 0 saturated heterocycles. The average molecular weight is 284 g/mol. The predicted octanol–water partition coefficient (Wildman–Crippen LogP) is 3.95. The first-order valence-electron chi connectivity index (χ1n) is 5.04. The smallest absolute Gasteiger partial charge is 0.194 e. The van der Waals surface area contributed by atoms with Crippen LogP contribution in [0.15, 0.2) is 36.4 Å². The van der Waals surface area contributed by atoms with Crippen LogP contribution in [0.1, 0.15) is 15.9 Å². The van der Waals surface area contributed by atoms with Crippen molar-refractivity contribution in [3.63, 3.8) is 0 Å². The van der Waals surface area contributed by atoms with Gasteiger partial charge in [0.05, 0.1) is 15.7 Å². The van der Waals surface area contributed by atoms with Crippen LogP contribution in [0.3, 0.4) is 0 Å². The van der Waals surface area contributed by atoms with Crippen LogP contribution in [-0.4, -0.2) is 5.78 Å². The van der Waals surface area contributed by atoms with E-state index in [1.165, 1.54) is 18.2 Å². The number of hydrogen-bond donors (Lipinski definition) is 1. The number of carbonyl (C=O) groups is 1. The lowest BCUT2D eigenvalue weighted by Crippen LogP contribution is -2.04. The van der Waals surface area contributed by atoms with Gasteiger partial charge in [-0.3, -0.25) is 4.79 Å². The minimum absolute atomic E-state index is 0.0104. The predicted molar refractivity (Wildman–Crippen MR) is 70.7 cm³/mol. The molecular weight excluding hydrogens is 276 g/mol. The Morgan fingerprint density at radius 2 is 1.89 bits per heavy atom. The maximum absolute atomic E-state index is 13.3. The van der Waals surface area contributed by atoms with Crippen LogP contribution in [0.5, 0.6) is 0 Å². The zero-order valence-corrected chi connectivity index (χ0v) is 10.6. The third-order valence-corrected chi connectivity index (χ3v) is 3.28. The number of benzene rings is 2. The molecule has 0 aliphatic rings. The van der Waals surface area contributed by atoms with Crippen LogP contribution < -0.4 is 5.73 Å². The van der Waals surface area contributed by atoms with E-state index in [9.17, 15) is 9.18 Å². The van der Waals surface area contributed by atoms with Crippen LogP contribution in [0.4, 0.5) is 10.1 Å². The fourth-order valence-electron chi connectivity index (χ4n) is 1.50. The summed E-state index contributed by atoms with van der Waals surface area (Å²) in [5.74, 6) is -1.04. The Labute approximate surface area is 113 Å². The lowest BCUT2D eigenvalue weighted by Gasteiger charge is -2.06. The van der Waals surface area contributed by atoms with E-state index >= 15 is 0 Å². The molecular formula is C13H8Cl2FNO. The van der Waals surface area contributed by atoms with E-state index in [0.717, 1.165) is 6.07 Å². The fraction of sp³-hybridized carbons (Fsp3) is 0. The Hall–Kier alpha value is -1.58. The molecule has 0 radical (unpaired) electrons. The summed E-state index contributed by atoms with van der Waals surface area (Å²) in [4.78, 5) is 12.1. The molecule has 0 amide bonds. The maximum Gasteiger partial charge on any atom is 0.194 e. The lowest BCUT2D eigenvalue weighted by molar-refractivity contribution is 0.103. The quantitative estimate of drug-likeness (QED) is 0.670. The molecule has 0 bridgehead atoms. The molecule has 2 aromatic carbocycles. The summed E-state index contributed by atoms with van der Waals surface area (Å²) in [7, 11) is 0. The van der Waals surface area contributed by atoms with Gasteiger partial charge in [0.2, 0.25) is 0 Å². The van der Waals surface area contributed by atoms with E-state index in [-0.39, 0.29) is 26.9 Å². The van der Waals surface area contributed by atoms with Crippen molar-refractivity contribution in [1.29, 1.82) is 0 Å². The Morgan fingerprint density at radius 1 is 1.17 bits per heavy atom. The minimum atomic E-state index is -0.640. The summed E-state index contributed by atoms with van der Waals surface area (Å²) >= 11 is 11.8. The van der Waals surface area contributed by atoms with Crippen molar-refractivity contribution in [2.75, 3.05) is 5.73 Å². The minimum Gasteiger partial charge on any atom is -0.396 e. The van der Waals surface area contributed by atoms with Gasteiger partial charge in [0.1, 0.15) is 5.82 Å². The maximum atomic E-state index is 13.3. The molecule has 2 rings (SSSR count). The van der Waals surface area contributed by atoms with Gasteiger partial charge in [-0.25, -0.2) is 4.39 Å². The summed E-state index contributed by atoms with van der Waals surface area (Å²) in [6.07, 6.45) is 0. The first-order valence-corrected chi connectivity index (χ1v) is 5.80. The van der Waals surface area contributed by atoms with Gasteiger partial charge in [0.15, 0.2) is 5.78 Å². The van der Waals surface area contributed by atoms with Crippen molar-refractivity contribution < 1.29 is 9.18 Å². The zero-order chi connectivity index (χ0) is 13.3. The zero-order valence-electron chi connectivity index (χ0n) is 9.08. The second kappa shape index (κ2) is 4.96. The van der Waals surface area contributed by atoms with Gasteiger partial charge in [0.25, 0.3) is 0 Å². The molecule has 18 heavy (non-hydrogen) atoms. The van der Waals surface area contributed by atoms with Gasteiger partial charge in [-0.2, -0.15) is 0 Å². The Morgan fingerprint density at radius 3 is 2.56 bits per heavy atom. The van der Waals surface area contributed by atoms with Crippen molar-refractivity contribution in [2.45, 2.75) is 0 Å². The summed E-state index contributed by atoms with van der Waals surface area (Å²) in [6, 6.07) is 8.57. The van der Waals surface area contributed by atoms with Gasteiger partial charge in [-0.05, 0) is 30.3 Å². The number of halogens is 3. The lowest BCUT2D eigenvalue weighted by atomic mass is 10.0. The molecule has 5 heteroatoms. The molecule has 2 aromatic rings. The van der Waals surface area contributed by atoms with Crippen molar-refractivity contribution in [3.05, 3.63) is 63.4 Å². The number of hydrogen-bond acceptors (Lipinski definition) is 2. The van der Waals surface area contributed by atoms with E-state index in [2.05, 4.69) is 0 Å². The first kappa shape index (κ1) is 12.9. The second-order valence-electron chi connectivity index (χ2n) is 3.67. The number of ketones is 1. The standard InChI is InChI=1S/C13H8Cl2FNO/c14-9-3-1-2-8(12(9)15)13(18)7-4-5-11(17)10(16)6-7/h1-6H,17H2. The van der Waals surface area contributed by atoms with Gasteiger partial charge in [0, 0.05) is 11.1 Å². The molecule has 0 aliphatic heterocycles. The van der Waals surface area contributed by atoms with Crippen molar-refractivity contribution in [1.82, 2.24) is 0 Å². The molecule has 0 unspecified atom stereocenters. The van der Waals surface area contributed by atoms with E-state index in [0.29, 0.717) is 0 Å². The van der Waals surface area contributed by atoms with E-state index in [4.69, 9.17) is 28.9 Å². The largest absolute Gasteiger partial charge is 0.396 e. The topological polar surface area (TPSA) is 43.1 Å². The Balaban J connectivity index is 2.48. The Kier molecular flexibility index (Phi) is 3.55. The highest BCUT2D eigenvalue weighted by molar-refractivity contribution is 6.44. The highest BCUT2D eigenvalue weighted by atomic mass is 35.5. The third-order valence-electron chi connectivity index (χ3n) is 2.46. The van der Waals surface area contributed by atoms with Crippen LogP contribution in [0, 0.1) is 5.82 Å². The third kappa shape index (κ3) is 2.33. The van der Waals surface area contributed by atoms with E-state index in [1.807, 2.05) is 0 Å². The van der Waals surface area contributed by atoms with E-state index in [1.54, 1.807) is 12.1 Å². The molecule has 0 spiro atoms. The summed E-state index contributed by atoms with van der Waals surface area (Å²) in [5, 5.41) is 0.430. The number of rotatable bonds is 2. The number of nitrogens with two attached hydrogens (primary N) is 1. The molecule has 2 N–H and O–H groups in total. The van der Waals surface area contributed by atoms with Crippen molar-refractivity contribution in [3.8, 4) is 0 Å². The van der Waals surface area contributed by atoms with Gasteiger partial charge >= 0.3 is 0 Å². The normalized spacial score (nSPS) is 10.4. The number of anilines is 1. The molecule has 0 aliphatic carbocycles. The number of nitrogen functional groups attached to an aromatic ring is 1. The highest BCUT2D eigenvalue weighted by Crippen LogP contribution is 2.27. The van der Waals surface area contributed by atoms with Crippen molar-refractivity contribution >= 4 is 34.7 Å². The molecule has 0 saturated carbocycles. The van der Waals surface area contributed by atoms with Crippen LogP contribution in [0.2, 0.25) is 10.0 Å². The van der Waals surface area contributed by atoms with Crippen LogP contribution >= 0.6 is 23.2 Å². The molecule has 2 nitrogen and oxygen atoms in total. The number of carbonyl (C=O) groups excluding carboxylic acids is 1. The van der Waals surface area contributed by atoms with E-state index < -0.39 is 11.6 Å². The monoisotopic (exact) mass is 283 g/mol. The van der Waals surface area contributed by atoms with Gasteiger partial charge < -0.3 is 5.73 Å². The second-order valence-corrected chi connectivity index (χ2v) is 4.45. The summed E-state index contributed by atoms with van der Waals surface area (Å²) in [5.41, 5.74) is 5.74. The molecule has 0 heterocycles. The van der Waals surface area contributed by atoms with Crippen LogP contribution in [-0.2, 0) is 0 Å². The molecule has 92 valence electrons. The molecule has 0 fully saturated rings. The van der Waals surface area contributed by atoms with Crippen LogP contribution in [0.25, 0.3) is 0 Å². The highest BCUT2D eigenvalue weighted by Gasteiger charge is 2.15. The Bertz CT molecular complexity index is 628. The molecule has 0 aromatic heterocycles. The fourth-order valence-corrected chi connectivity index (χ4v) is 1.89. The molecule has 0 atom stereocenters. The summed E-state index contributed by atoms with van der Waals surface area (Å²) < 4.78 is 13.3. The first-order chi connectivity index (χ1) is 8.50. The SMILES string of the molecule is Nc1ccc(C(=O)c2cccc(Cl)c2Cl)cc1F. The average Bonchev–Trinajstić information content (AvgIpc) is 2.35. The van der Waals surface area contributed by atoms with Gasteiger partial charge in [-0.1, -0.05) is 29.3 Å². The van der Waals surface area contributed by atoms with Gasteiger partial charge in [-0.15, -0.1) is 0 Å².